The Hall–Kier alpha value is -1.93. The molecule has 0 saturated heterocycles. The largest absolute Gasteiger partial charge is 0.755 e. The lowest BCUT2D eigenvalue weighted by molar-refractivity contribution is 0.542. The van der Waals surface area contributed by atoms with Gasteiger partial charge in [-0.05, 0) is 18.2 Å². The number of anilines is 2. The highest BCUT2D eigenvalue weighted by atomic mass is 32.2. The molecule has 0 aliphatic carbocycles. The molecule has 3 N–H and O–H groups in total. The van der Waals surface area contributed by atoms with Gasteiger partial charge in [-0.1, -0.05) is 6.58 Å². The van der Waals surface area contributed by atoms with Gasteiger partial charge in [0.15, 0.2) is 0 Å². The van der Waals surface area contributed by atoms with Gasteiger partial charge in [-0.25, -0.2) is 0 Å². The zero-order valence-corrected chi connectivity index (χ0v) is 10.9. The van der Waals surface area contributed by atoms with Crippen molar-refractivity contribution in [2.24, 2.45) is 16.0 Å². The van der Waals surface area contributed by atoms with Crippen LogP contribution in [-0.2, 0) is 11.3 Å². The molecule has 0 aliphatic rings. The van der Waals surface area contributed by atoms with E-state index in [0.29, 0.717) is 11.4 Å². The lowest BCUT2D eigenvalue weighted by Gasteiger charge is -2.16. The summed E-state index contributed by atoms with van der Waals surface area (Å²) in [6, 6.07) is 5.06. The first-order valence-electron chi connectivity index (χ1n) is 4.93. The van der Waals surface area contributed by atoms with E-state index in [1.807, 2.05) is 19.0 Å². The summed E-state index contributed by atoms with van der Waals surface area (Å²) in [4.78, 5) is 1.84. The number of nitrogens with one attached hydrogen (secondary N) is 1. The number of hydrogen-bond acceptors (Lipinski definition) is 6. The van der Waals surface area contributed by atoms with Crippen LogP contribution in [0.4, 0.5) is 17.1 Å². The van der Waals surface area contributed by atoms with Crippen LogP contribution in [0.3, 0.4) is 0 Å². The fraction of sp³-hybridized carbons (Fsp3) is 0.200. The molecule has 0 radical (unpaired) electrons. The fourth-order valence-electron chi connectivity index (χ4n) is 1.18. The highest BCUT2D eigenvalue weighted by Crippen LogP contribution is 2.30. The first-order chi connectivity index (χ1) is 8.40. The standard InChI is InChI=1S/C10H15N5O2S/c1-7(11)12-13-9-5-4-8(15(2)3)6-10(9)14-18(16)17/h4-6,14H,1,11H2,2-3H3,(H,16,17)/p-1. The molecule has 18 heavy (non-hydrogen) atoms. The average Bonchev–Trinajstić information content (AvgIpc) is 2.26. The van der Waals surface area contributed by atoms with Gasteiger partial charge in [-0.15, -0.1) is 10.2 Å². The fourth-order valence-corrected chi connectivity index (χ4v) is 1.52. The summed E-state index contributed by atoms with van der Waals surface area (Å²) < 4.78 is 23.7. The van der Waals surface area contributed by atoms with E-state index in [1.54, 1.807) is 18.2 Å². The molecule has 0 amide bonds. The highest BCUT2D eigenvalue weighted by Gasteiger charge is 2.05. The number of rotatable bonds is 5. The minimum atomic E-state index is -2.44. The molecule has 98 valence electrons. The van der Waals surface area contributed by atoms with E-state index < -0.39 is 11.3 Å². The van der Waals surface area contributed by atoms with Crippen molar-refractivity contribution in [1.82, 2.24) is 0 Å². The summed E-state index contributed by atoms with van der Waals surface area (Å²) in [6.45, 7) is 3.37. The minimum absolute atomic E-state index is 0.0425. The third kappa shape index (κ3) is 4.15. The quantitative estimate of drug-likeness (QED) is 0.623. The molecule has 0 heterocycles. The van der Waals surface area contributed by atoms with Gasteiger partial charge < -0.3 is 19.9 Å². The molecule has 0 bridgehead atoms. The summed E-state index contributed by atoms with van der Waals surface area (Å²) >= 11 is -2.44. The topological polar surface area (TPSA) is 106 Å². The van der Waals surface area contributed by atoms with Gasteiger partial charge in [-0.2, -0.15) is 0 Å². The van der Waals surface area contributed by atoms with Crippen LogP contribution in [0.25, 0.3) is 0 Å². The van der Waals surface area contributed by atoms with E-state index in [4.69, 9.17) is 5.73 Å². The van der Waals surface area contributed by atoms with E-state index in [9.17, 15) is 8.76 Å². The maximum atomic E-state index is 10.7. The lowest BCUT2D eigenvalue weighted by Crippen LogP contribution is -2.09. The van der Waals surface area contributed by atoms with E-state index in [0.717, 1.165) is 5.69 Å². The van der Waals surface area contributed by atoms with Crippen molar-refractivity contribution in [3.05, 3.63) is 30.6 Å². The molecule has 1 atom stereocenters. The first kappa shape index (κ1) is 14.1. The molecule has 0 aliphatic heterocycles. The SMILES string of the molecule is C=C(N)N=Nc1ccc(N(C)C)cc1NS(=O)[O-]. The Morgan fingerprint density at radius 2 is 2.22 bits per heavy atom. The van der Waals surface area contributed by atoms with E-state index in [1.165, 1.54) is 0 Å². The van der Waals surface area contributed by atoms with Crippen molar-refractivity contribution < 1.29 is 8.76 Å². The molecule has 0 fully saturated rings. The highest BCUT2D eigenvalue weighted by molar-refractivity contribution is 7.80. The molecule has 1 unspecified atom stereocenters. The molecule has 1 aromatic carbocycles. The van der Waals surface area contributed by atoms with Crippen molar-refractivity contribution in [2.45, 2.75) is 0 Å². The van der Waals surface area contributed by atoms with Gasteiger partial charge in [0.1, 0.15) is 11.5 Å². The maximum Gasteiger partial charge on any atom is 0.138 e. The Morgan fingerprint density at radius 1 is 1.56 bits per heavy atom. The third-order valence-corrected chi connectivity index (χ3v) is 2.36. The monoisotopic (exact) mass is 268 g/mol. The third-order valence-electron chi connectivity index (χ3n) is 1.98. The zero-order valence-electron chi connectivity index (χ0n) is 10.1. The summed E-state index contributed by atoms with van der Waals surface area (Å²) in [6.07, 6.45) is 0. The van der Waals surface area contributed by atoms with Gasteiger partial charge in [0.2, 0.25) is 0 Å². The second-order valence-corrected chi connectivity index (χ2v) is 4.30. The lowest BCUT2D eigenvalue weighted by atomic mass is 10.2. The number of nitrogens with zero attached hydrogens (tertiary/aromatic N) is 3. The number of nitrogens with two attached hydrogens (primary N) is 1. The Kier molecular flexibility index (Phi) is 4.81. The summed E-state index contributed by atoms with van der Waals surface area (Å²) in [5.74, 6) is 0.0425. The van der Waals surface area contributed by atoms with Gasteiger partial charge in [0.05, 0.1) is 5.69 Å². The Bertz CT molecular complexity index is 501. The molecule has 1 aromatic rings. The molecule has 0 aromatic heterocycles. The van der Waals surface area contributed by atoms with Crippen LogP contribution in [0.15, 0.2) is 40.8 Å². The average molecular weight is 268 g/mol. The molecule has 7 nitrogen and oxygen atoms in total. The Labute approximate surface area is 108 Å². The van der Waals surface area contributed by atoms with Crippen molar-refractivity contribution in [3.8, 4) is 0 Å². The van der Waals surface area contributed by atoms with Gasteiger partial charge in [-0.3, -0.25) is 4.21 Å². The van der Waals surface area contributed by atoms with Crippen molar-refractivity contribution in [2.75, 3.05) is 23.7 Å². The molecule has 0 saturated carbocycles. The predicted molar refractivity (Wildman–Crippen MR) is 71.2 cm³/mol. The van der Waals surface area contributed by atoms with Crippen LogP contribution < -0.4 is 15.4 Å². The zero-order chi connectivity index (χ0) is 13.7. The molecule has 1 rings (SSSR count). The van der Waals surface area contributed by atoms with Crippen LogP contribution in [0.1, 0.15) is 0 Å². The van der Waals surface area contributed by atoms with Gasteiger partial charge in [0.25, 0.3) is 0 Å². The summed E-state index contributed by atoms with van der Waals surface area (Å²) in [7, 11) is 3.69. The first-order valence-corrected chi connectivity index (χ1v) is 6.01. The van der Waals surface area contributed by atoms with Crippen LogP contribution in [-0.4, -0.2) is 22.9 Å². The molecular formula is C10H14N5O2S-. The molecule has 8 heteroatoms. The van der Waals surface area contributed by atoms with E-state index >= 15 is 0 Å². The van der Waals surface area contributed by atoms with E-state index in [-0.39, 0.29) is 5.82 Å². The smallest absolute Gasteiger partial charge is 0.138 e. The molecule has 0 spiro atoms. The maximum absolute atomic E-state index is 10.7. The van der Waals surface area contributed by atoms with Crippen LogP contribution in [0, 0.1) is 0 Å². The Balaban J connectivity index is 3.15. The molecular weight excluding hydrogens is 254 g/mol. The van der Waals surface area contributed by atoms with Crippen LogP contribution in [0.2, 0.25) is 0 Å². The van der Waals surface area contributed by atoms with Crippen molar-refractivity contribution in [1.29, 1.82) is 0 Å². The summed E-state index contributed by atoms with van der Waals surface area (Å²) in [5.41, 5.74) is 6.77. The van der Waals surface area contributed by atoms with E-state index in [2.05, 4.69) is 21.5 Å². The van der Waals surface area contributed by atoms with Crippen molar-refractivity contribution in [3.63, 3.8) is 0 Å². The number of hydrogen-bond donors (Lipinski definition) is 2. The second kappa shape index (κ2) is 6.12. The van der Waals surface area contributed by atoms with Gasteiger partial charge >= 0.3 is 0 Å². The normalized spacial score (nSPS) is 12.4. The van der Waals surface area contributed by atoms with Gasteiger partial charge in [0, 0.05) is 31.0 Å². The number of azo groups is 1. The van der Waals surface area contributed by atoms with Crippen molar-refractivity contribution >= 4 is 28.3 Å². The van der Waals surface area contributed by atoms with Crippen LogP contribution >= 0.6 is 0 Å². The second-order valence-electron chi connectivity index (χ2n) is 3.62. The predicted octanol–water partition coefficient (Wildman–Crippen LogP) is 1.47. The minimum Gasteiger partial charge on any atom is -0.755 e. The van der Waals surface area contributed by atoms with Crippen LogP contribution in [0.5, 0.6) is 0 Å². The number of benzene rings is 1. The summed E-state index contributed by atoms with van der Waals surface area (Å²) in [5, 5.41) is 7.40. The Morgan fingerprint density at radius 3 is 2.72 bits per heavy atom.